The van der Waals surface area contributed by atoms with E-state index in [0.717, 1.165) is 35.2 Å². The van der Waals surface area contributed by atoms with E-state index in [4.69, 9.17) is 0 Å². The molecule has 2 rings (SSSR count). The van der Waals surface area contributed by atoms with Gasteiger partial charge in [-0.2, -0.15) is 0 Å². The molecule has 1 aliphatic heterocycles. The molecule has 1 aliphatic rings. The molecule has 1 saturated heterocycles. The molecular weight excluding hydrogens is 304 g/mol. The van der Waals surface area contributed by atoms with Crippen molar-refractivity contribution in [2.45, 2.75) is 32.7 Å². The Kier molecular flexibility index (Phi) is 4.99. The van der Waals surface area contributed by atoms with E-state index < -0.39 is 0 Å². The molecule has 1 amide bonds. The summed E-state index contributed by atoms with van der Waals surface area (Å²) in [6, 6.07) is 5.97. The number of halogens is 1. The quantitative estimate of drug-likeness (QED) is 0.923. The van der Waals surface area contributed by atoms with Crippen molar-refractivity contribution >= 4 is 21.8 Å². The van der Waals surface area contributed by atoms with E-state index in [-0.39, 0.29) is 11.9 Å². The maximum atomic E-state index is 12.2. The molecule has 1 heterocycles. The monoisotopic (exact) mass is 324 g/mol. The molecular formula is C15H21BrN2O. The first kappa shape index (κ1) is 14.5. The van der Waals surface area contributed by atoms with Crippen molar-refractivity contribution in [3.63, 3.8) is 0 Å². The molecule has 0 aromatic heterocycles. The van der Waals surface area contributed by atoms with Gasteiger partial charge < -0.3 is 10.2 Å². The summed E-state index contributed by atoms with van der Waals surface area (Å²) >= 11 is 3.43. The summed E-state index contributed by atoms with van der Waals surface area (Å²) in [4.78, 5) is 14.6. The summed E-state index contributed by atoms with van der Waals surface area (Å²) in [5, 5.41) is 3.08. The smallest absolute Gasteiger partial charge is 0.251 e. The number of nitrogens with zero attached hydrogens (tertiary/aromatic N) is 1. The van der Waals surface area contributed by atoms with Crippen LogP contribution < -0.4 is 5.32 Å². The normalized spacial score (nSPS) is 17.4. The Morgan fingerprint density at radius 3 is 2.68 bits per heavy atom. The van der Waals surface area contributed by atoms with Crippen molar-refractivity contribution in [3.05, 3.63) is 33.8 Å². The Morgan fingerprint density at radius 1 is 1.37 bits per heavy atom. The predicted octanol–water partition coefficient (Wildman–Crippen LogP) is 2.97. The highest BCUT2D eigenvalue weighted by molar-refractivity contribution is 9.10. The minimum Gasteiger partial charge on any atom is -0.348 e. The molecule has 1 aromatic carbocycles. The molecule has 19 heavy (non-hydrogen) atoms. The number of carbonyl (C=O) groups is 1. The van der Waals surface area contributed by atoms with Gasteiger partial charge in [0.1, 0.15) is 0 Å². The summed E-state index contributed by atoms with van der Waals surface area (Å²) in [6.45, 7) is 7.33. The average Bonchev–Trinajstić information content (AvgIpc) is 2.80. The van der Waals surface area contributed by atoms with Gasteiger partial charge in [-0.3, -0.25) is 4.79 Å². The third kappa shape index (κ3) is 4.32. The van der Waals surface area contributed by atoms with Gasteiger partial charge >= 0.3 is 0 Å². The van der Waals surface area contributed by atoms with E-state index in [2.05, 4.69) is 33.1 Å². The molecule has 1 atom stereocenters. The molecule has 0 radical (unpaired) electrons. The molecule has 3 nitrogen and oxygen atoms in total. The summed E-state index contributed by atoms with van der Waals surface area (Å²) in [7, 11) is 0. The number of amides is 1. The Bertz CT molecular complexity index is 435. The van der Waals surface area contributed by atoms with Crippen LogP contribution in [0, 0.1) is 6.92 Å². The van der Waals surface area contributed by atoms with Crippen molar-refractivity contribution < 1.29 is 4.79 Å². The van der Waals surface area contributed by atoms with E-state index in [1.54, 1.807) is 0 Å². The molecule has 1 aromatic rings. The number of carbonyl (C=O) groups excluding carboxylic acids is 1. The molecule has 0 saturated carbocycles. The van der Waals surface area contributed by atoms with Crippen molar-refractivity contribution in [3.8, 4) is 0 Å². The average molecular weight is 325 g/mol. The molecule has 1 N–H and O–H groups in total. The van der Waals surface area contributed by atoms with Crippen LogP contribution in [-0.2, 0) is 0 Å². The van der Waals surface area contributed by atoms with E-state index in [9.17, 15) is 4.79 Å². The molecule has 1 unspecified atom stereocenters. The molecule has 0 aliphatic carbocycles. The number of likely N-dealkylation sites (tertiary alicyclic amines) is 1. The maximum absolute atomic E-state index is 12.2. The van der Waals surface area contributed by atoms with Gasteiger partial charge in [0, 0.05) is 22.6 Å². The number of hydrogen-bond donors (Lipinski definition) is 1. The Morgan fingerprint density at radius 2 is 2.05 bits per heavy atom. The van der Waals surface area contributed by atoms with Gasteiger partial charge in [0.2, 0.25) is 0 Å². The number of rotatable bonds is 4. The van der Waals surface area contributed by atoms with Crippen LogP contribution in [0.3, 0.4) is 0 Å². The zero-order valence-corrected chi connectivity index (χ0v) is 13.2. The predicted molar refractivity (Wildman–Crippen MR) is 81.5 cm³/mol. The molecule has 0 spiro atoms. The zero-order chi connectivity index (χ0) is 13.8. The lowest BCUT2D eigenvalue weighted by molar-refractivity contribution is 0.0932. The maximum Gasteiger partial charge on any atom is 0.251 e. The molecule has 1 fully saturated rings. The fourth-order valence-corrected chi connectivity index (χ4v) is 3.18. The fourth-order valence-electron chi connectivity index (χ4n) is 2.57. The molecule has 4 heteroatoms. The zero-order valence-electron chi connectivity index (χ0n) is 11.6. The standard InChI is InChI=1S/C15H21BrN2O/c1-11-7-13(9-14(16)8-11)15(19)17-12(2)10-18-5-3-4-6-18/h7-9,12H,3-6,10H2,1-2H3,(H,17,19). The fraction of sp³-hybridized carbons (Fsp3) is 0.533. The Labute approximate surface area is 123 Å². The van der Waals surface area contributed by atoms with Crippen LogP contribution >= 0.6 is 15.9 Å². The second-order valence-electron chi connectivity index (χ2n) is 5.40. The van der Waals surface area contributed by atoms with Crippen LogP contribution in [0.2, 0.25) is 0 Å². The van der Waals surface area contributed by atoms with Crippen molar-refractivity contribution in [2.24, 2.45) is 0 Å². The lowest BCUT2D eigenvalue weighted by Gasteiger charge is -2.21. The van der Waals surface area contributed by atoms with Crippen LogP contribution in [0.4, 0.5) is 0 Å². The highest BCUT2D eigenvalue weighted by Crippen LogP contribution is 2.15. The number of hydrogen-bond acceptors (Lipinski definition) is 2. The van der Waals surface area contributed by atoms with Crippen molar-refractivity contribution in [1.29, 1.82) is 0 Å². The molecule has 104 valence electrons. The number of nitrogens with one attached hydrogen (secondary N) is 1. The summed E-state index contributed by atoms with van der Waals surface area (Å²) in [6.07, 6.45) is 2.57. The van der Waals surface area contributed by atoms with Gasteiger partial charge in [0.25, 0.3) is 5.91 Å². The largest absolute Gasteiger partial charge is 0.348 e. The van der Waals surface area contributed by atoms with E-state index in [1.165, 1.54) is 12.8 Å². The number of aryl methyl sites for hydroxylation is 1. The lowest BCUT2D eigenvalue weighted by atomic mass is 10.1. The second kappa shape index (κ2) is 6.53. The van der Waals surface area contributed by atoms with E-state index in [0.29, 0.717) is 0 Å². The SMILES string of the molecule is Cc1cc(Br)cc(C(=O)NC(C)CN2CCCC2)c1. The van der Waals surface area contributed by atoms with Gasteiger partial charge in [0.05, 0.1) is 0 Å². The number of benzene rings is 1. The van der Waals surface area contributed by atoms with Gasteiger partial charge in [-0.25, -0.2) is 0 Å². The summed E-state index contributed by atoms with van der Waals surface area (Å²) in [5.41, 5.74) is 1.81. The first-order chi connectivity index (χ1) is 9.04. The molecule has 0 bridgehead atoms. The van der Waals surface area contributed by atoms with E-state index >= 15 is 0 Å². The summed E-state index contributed by atoms with van der Waals surface area (Å²) < 4.78 is 0.949. The highest BCUT2D eigenvalue weighted by atomic mass is 79.9. The third-order valence-corrected chi connectivity index (χ3v) is 3.87. The van der Waals surface area contributed by atoms with Gasteiger partial charge in [0.15, 0.2) is 0 Å². The van der Waals surface area contributed by atoms with Gasteiger partial charge in [-0.1, -0.05) is 15.9 Å². The first-order valence-corrected chi connectivity index (χ1v) is 7.64. The highest BCUT2D eigenvalue weighted by Gasteiger charge is 2.16. The van der Waals surface area contributed by atoms with Crippen LogP contribution in [0.25, 0.3) is 0 Å². The second-order valence-corrected chi connectivity index (χ2v) is 6.32. The Hall–Kier alpha value is -0.870. The third-order valence-electron chi connectivity index (χ3n) is 3.41. The first-order valence-electron chi connectivity index (χ1n) is 6.85. The van der Waals surface area contributed by atoms with Gasteiger partial charge in [-0.15, -0.1) is 0 Å². The van der Waals surface area contributed by atoms with Crippen molar-refractivity contribution in [1.82, 2.24) is 10.2 Å². The topological polar surface area (TPSA) is 32.3 Å². The Balaban J connectivity index is 1.92. The minimum atomic E-state index is 0.0103. The van der Waals surface area contributed by atoms with Crippen LogP contribution in [0.1, 0.15) is 35.7 Å². The van der Waals surface area contributed by atoms with E-state index in [1.807, 2.05) is 25.1 Å². The minimum absolute atomic E-state index is 0.0103. The van der Waals surface area contributed by atoms with Gasteiger partial charge in [-0.05, 0) is 63.5 Å². The van der Waals surface area contributed by atoms with Crippen LogP contribution in [-0.4, -0.2) is 36.5 Å². The van der Waals surface area contributed by atoms with Crippen molar-refractivity contribution in [2.75, 3.05) is 19.6 Å². The lowest BCUT2D eigenvalue weighted by Crippen LogP contribution is -2.41. The van der Waals surface area contributed by atoms with Crippen LogP contribution in [0.5, 0.6) is 0 Å². The van der Waals surface area contributed by atoms with Crippen LogP contribution in [0.15, 0.2) is 22.7 Å². The summed E-state index contributed by atoms with van der Waals surface area (Å²) in [5.74, 6) is 0.0103.